The molecule has 8 heteroatoms. The lowest BCUT2D eigenvalue weighted by Crippen LogP contribution is -2.50. The van der Waals surface area contributed by atoms with Gasteiger partial charge in [0.05, 0.1) is 19.9 Å². The Labute approximate surface area is 146 Å². The van der Waals surface area contributed by atoms with Crippen LogP contribution in [0.5, 0.6) is 5.75 Å². The molecule has 134 valence electrons. The van der Waals surface area contributed by atoms with E-state index >= 15 is 0 Å². The van der Waals surface area contributed by atoms with E-state index in [9.17, 15) is 4.79 Å². The van der Waals surface area contributed by atoms with Gasteiger partial charge in [-0.2, -0.15) is 4.68 Å². The van der Waals surface area contributed by atoms with Gasteiger partial charge in [-0.15, -0.1) is 5.10 Å². The Morgan fingerprint density at radius 1 is 1.16 bits per heavy atom. The Morgan fingerprint density at radius 3 is 2.44 bits per heavy atom. The highest BCUT2D eigenvalue weighted by Crippen LogP contribution is 2.41. The van der Waals surface area contributed by atoms with Gasteiger partial charge in [0.2, 0.25) is 0 Å². The lowest BCUT2D eigenvalue weighted by molar-refractivity contribution is 0.0472. The summed E-state index contributed by atoms with van der Waals surface area (Å²) in [5, 5.41) is 12.3. The van der Waals surface area contributed by atoms with Gasteiger partial charge in [-0.1, -0.05) is 19.3 Å². The smallest absolute Gasteiger partial charge is 0.410 e. The number of benzene rings is 1. The van der Waals surface area contributed by atoms with E-state index in [1.54, 1.807) is 23.7 Å². The molecular formula is C17H23N5O3. The van der Waals surface area contributed by atoms with Gasteiger partial charge in [-0.05, 0) is 47.5 Å². The van der Waals surface area contributed by atoms with Crippen molar-refractivity contribution in [1.29, 1.82) is 0 Å². The average molecular weight is 345 g/mol. The Balaban J connectivity index is 2.05. The number of methoxy groups -OCH3 is 2. The molecule has 2 aromatic rings. The van der Waals surface area contributed by atoms with Crippen LogP contribution in [0.25, 0.3) is 5.69 Å². The van der Waals surface area contributed by atoms with Crippen molar-refractivity contribution in [3.05, 3.63) is 30.1 Å². The van der Waals surface area contributed by atoms with Crippen LogP contribution in [0.4, 0.5) is 4.79 Å². The van der Waals surface area contributed by atoms with E-state index in [-0.39, 0.29) is 6.09 Å². The van der Waals surface area contributed by atoms with Crippen LogP contribution < -0.4 is 4.74 Å². The summed E-state index contributed by atoms with van der Waals surface area (Å²) < 4.78 is 11.9. The standard InChI is InChI=1S/C17H23N5O3/c1-21(16(23)25-3)17(11-5-4-6-12-17)15-18-19-20-22(15)13-7-9-14(24-2)10-8-13/h7-10H,4-6,11-12H2,1-3H3. The van der Waals surface area contributed by atoms with Crippen LogP contribution in [-0.2, 0) is 10.3 Å². The summed E-state index contributed by atoms with van der Waals surface area (Å²) >= 11 is 0. The number of ether oxygens (including phenoxy) is 2. The van der Waals surface area contributed by atoms with Gasteiger partial charge in [0.15, 0.2) is 5.82 Å². The number of rotatable bonds is 4. The monoisotopic (exact) mass is 345 g/mol. The maximum atomic E-state index is 12.3. The molecule has 0 spiro atoms. The number of hydrogen-bond acceptors (Lipinski definition) is 6. The molecule has 0 unspecified atom stereocenters. The predicted molar refractivity (Wildman–Crippen MR) is 90.6 cm³/mol. The number of tetrazole rings is 1. The van der Waals surface area contributed by atoms with E-state index in [1.807, 2.05) is 24.3 Å². The van der Waals surface area contributed by atoms with Crippen LogP contribution in [0.2, 0.25) is 0 Å². The molecule has 1 aromatic carbocycles. The zero-order valence-electron chi connectivity index (χ0n) is 14.8. The predicted octanol–water partition coefficient (Wildman–Crippen LogP) is 2.53. The van der Waals surface area contributed by atoms with Crippen molar-refractivity contribution in [3.8, 4) is 11.4 Å². The number of carbonyl (C=O) groups is 1. The molecule has 3 rings (SSSR count). The molecule has 0 aliphatic heterocycles. The second kappa shape index (κ2) is 7.08. The summed E-state index contributed by atoms with van der Waals surface area (Å²) in [5.74, 6) is 1.42. The first kappa shape index (κ1) is 17.2. The van der Waals surface area contributed by atoms with Gasteiger partial charge in [-0.3, -0.25) is 4.90 Å². The third-order valence-corrected chi connectivity index (χ3v) is 4.97. The van der Waals surface area contributed by atoms with E-state index in [4.69, 9.17) is 9.47 Å². The van der Waals surface area contributed by atoms with E-state index < -0.39 is 5.54 Å². The first-order valence-corrected chi connectivity index (χ1v) is 8.37. The molecule has 1 saturated carbocycles. The molecule has 8 nitrogen and oxygen atoms in total. The second-order valence-electron chi connectivity index (χ2n) is 6.23. The first-order chi connectivity index (χ1) is 12.1. The second-order valence-corrected chi connectivity index (χ2v) is 6.23. The summed E-state index contributed by atoms with van der Waals surface area (Å²) in [5.41, 5.74) is 0.249. The Hall–Kier alpha value is -2.64. The zero-order valence-corrected chi connectivity index (χ0v) is 14.8. The summed E-state index contributed by atoms with van der Waals surface area (Å²) in [6.45, 7) is 0. The van der Waals surface area contributed by atoms with Crippen molar-refractivity contribution in [1.82, 2.24) is 25.1 Å². The average Bonchev–Trinajstić information content (AvgIpc) is 3.17. The quantitative estimate of drug-likeness (QED) is 0.847. The van der Waals surface area contributed by atoms with Crippen LogP contribution in [0.3, 0.4) is 0 Å². The van der Waals surface area contributed by atoms with Gasteiger partial charge < -0.3 is 9.47 Å². The Kier molecular flexibility index (Phi) is 4.87. The lowest BCUT2D eigenvalue weighted by Gasteiger charge is -2.42. The molecule has 1 aliphatic carbocycles. The van der Waals surface area contributed by atoms with E-state index in [1.165, 1.54) is 7.11 Å². The highest BCUT2D eigenvalue weighted by Gasteiger charge is 2.45. The van der Waals surface area contributed by atoms with Crippen LogP contribution in [0.15, 0.2) is 24.3 Å². The molecule has 1 amide bonds. The van der Waals surface area contributed by atoms with Crippen LogP contribution >= 0.6 is 0 Å². The topological polar surface area (TPSA) is 82.4 Å². The van der Waals surface area contributed by atoms with Crippen molar-refractivity contribution in [2.75, 3.05) is 21.3 Å². The van der Waals surface area contributed by atoms with Gasteiger partial charge >= 0.3 is 6.09 Å². The van der Waals surface area contributed by atoms with Crippen molar-refractivity contribution in [3.63, 3.8) is 0 Å². The van der Waals surface area contributed by atoms with Gasteiger partial charge in [0.1, 0.15) is 11.3 Å². The maximum Gasteiger partial charge on any atom is 0.410 e. The number of amides is 1. The van der Waals surface area contributed by atoms with E-state index in [0.717, 1.165) is 43.5 Å². The van der Waals surface area contributed by atoms with E-state index in [2.05, 4.69) is 15.5 Å². The molecule has 0 N–H and O–H groups in total. The van der Waals surface area contributed by atoms with Crippen molar-refractivity contribution < 1.29 is 14.3 Å². The van der Waals surface area contributed by atoms with Crippen molar-refractivity contribution in [2.24, 2.45) is 0 Å². The first-order valence-electron chi connectivity index (χ1n) is 8.37. The minimum atomic E-state index is -0.575. The third kappa shape index (κ3) is 3.04. The summed E-state index contributed by atoms with van der Waals surface area (Å²) in [7, 11) is 4.77. The summed E-state index contributed by atoms with van der Waals surface area (Å²) in [4.78, 5) is 13.9. The van der Waals surface area contributed by atoms with Gasteiger partial charge in [-0.25, -0.2) is 4.79 Å². The Morgan fingerprint density at radius 2 is 1.84 bits per heavy atom. The van der Waals surface area contributed by atoms with Crippen molar-refractivity contribution >= 4 is 6.09 Å². The highest BCUT2D eigenvalue weighted by molar-refractivity contribution is 5.68. The van der Waals surface area contributed by atoms with Crippen molar-refractivity contribution in [2.45, 2.75) is 37.6 Å². The molecule has 1 aromatic heterocycles. The van der Waals surface area contributed by atoms with E-state index in [0.29, 0.717) is 5.82 Å². The summed E-state index contributed by atoms with van der Waals surface area (Å²) in [6, 6.07) is 7.51. The van der Waals surface area contributed by atoms with Crippen LogP contribution in [-0.4, -0.2) is 52.5 Å². The number of nitrogens with zero attached hydrogens (tertiary/aromatic N) is 5. The fourth-order valence-corrected chi connectivity index (χ4v) is 3.53. The number of aromatic nitrogens is 4. The Bertz CT molecular complexity index is 722. The molecular weight excluding hydrogens is 322 g/mol. The zero-order chi connectivity index (χ0) is 17.9. The molecule has 0 radical (unpaired) electrons. The normalized spacial score (nSPS) is 16.3. The SMILES string of the molecule is COC(=O)N(C)C1(c2nnnn2-c2ccc(OC)cc2)CCCCC1. The summed E-state index contributed by atoms with van der Waals surface area (Å²) in [6.07, 6.45) is 4.38. The molecule has 1 heterocycles. The lowest BCUT2D eigenvalue weighted by atomic mass is 9.79. The fourth-order valence-electron chi connectivity index (χ4n) is 3.53. The number of hydrogen-bond donors (Lipinski definition) is 0. The number of carbonyl (C=O) groups excluding carboxylic acids is 1. The minimum absolute atomic E-state index is 0.383. The fraction of sp³-hybridized carbons (Fsp3) is 0.529. The van der Waals surface area contributed by atoms with Gasteiger partial charge in [0, 0.05) is 7.05 Å². The molecule has 0 atom stereocenters. The van der Waals surface area contributed by atoms with Crippen LogP contribution in [0, 0.1) is 0 Å². The minimum Gasteiger partial charge on any atom is -0.497 e. The molecule has 0 bridgehead atoms. The largest absolute Gasteiger partial charge is 0.497 e. The third-order valence-electron chi connectivity index (χ3n) is 4.97. The molecule has 1 aliphatic rings. The highest BCUT2D eigenvalue weighted by atomic mass is 16.5. The molecule has 0 saturated heterocycles. The van der Waals surface area contributed by atoms with Crippen LogP contribution in [0.1, 0.15) is 37.9 Å². The molecule has 25 heavy (non-hydrogen) atoms. The van der Waals surface area contributed by atoms with Gasteiger partial charge in [0.25, 0.3) is 0 Å². The maximum absolute atomic E-state index is 12.3. The molecule has 1 fully saturated rings.